The number of aromatic nitrogens is 2. The second-order valence-electron chi connectivity index (χ2n) is 4.65. The Morgan fingerprint density at radius 1 is 1.26 bits per heavy atom. The van der Waals surface area contributed by atoms with Gasteiger partial charge in [-0.15, -0.1) is 0 Å². The number of nitrogens with zero attached hydrogens (tertiary/aromatic N) is 2. The van der Waals surface area contributed by atoms with Gasteiger partial charge in [-0.3, -0.25) is 0 Å². The summed E-state index contributed by atoms with van der Waals surface area (Å²) < 4.78 is 6.97. The molecular weight excluding hydrogens is 238 g/mol. The zero-order valence-corrected chi connectivity index (χ0v) is 11.5. The third-order valence-electron chi connectivity index (χ3n) is 3.05. The van der Waals surface area contributed by atoms with Gasteiger partial charge in [0, 0.05) is 32.5 Å². The van der Waals surface area contributed by atoms with Gasteiger partial charge >= 0.3 is 0 Å². The first-order valence-electron chi connectivity index (χ1n) is 6.62. The molecule has 102 valence electrons. The number of benzene rings is 1. The van der Waals surface area contributed by atoms with E-state index in [2.05, 4.69) is 17.3 Å². The molecule has 4 heteroatoms. The molecule has 2 rings (SSSR count). The number of hydrogen-bond acceptors (Lipinski definition) is 3. The van der Waals surface area contributed by atoms with Crippen LogP contribution >= 0.6 is 0 Å². The molecule has 19 heavy (non-hydrogen) atoms. The van der Waals surface area contributed by atoms with Crippen LogP contribution in [0, 0.1) is 0 Å². The van der Waals surface area contributed by atoms with E-state index in [0.717, 1.165) is 31.0 Å². The highest BCUT2D eigenvalue weighted by atomic mass is 16.5. The van der Waals surface area contributed by atoms with Crippen LogP contribution in [-0.2, 0) is 11.3 Å². The van der Waals surface area contributed by atoms with Gasteiger partial charge < -0.3 is 10.1 Å². The summed E-state index contributed by atoms with van der Waals surface area (Å²) in [6, 6.07) is 12.6. The Labute approximate surface area is 114 Å². The van der Waals surface area contributed by atoms with E-state index >= 15 is 0 Å². The fourth-order valence-corrected chi connectivity index (χ4v) is 1.86. The van der Waals surface area contributed by atoms with Crippen molar-refractivity contribution in [2.24, 2.45) is 0 Å². The van der Waals surface area contributed by atoms with Gasteiger partial charge in [-0.2, -0.15) is 5.10 Å². The Hall–Kier alpha value is -1.65. The third kappa shape index (κ3) is 4.19. The normalized spacial score (nSPS) is 12.5. The molecule has 0 amide bonds. The van der Waals surface area contributed by atoms with E-state index in [9.17, 15) is 0 Å². The quantitative estimate of drug-likeness (QED) is 0.830. The van der Waals surface area contributed by atoms with Crippen molar-refractivity contribution in [2.45, 2.75) is 25.9 Å². The Kier molecular flexibility index (Phi) is 5.12. The maximum Gasteiger partial charge on any atom is 0.0766 e. The van der Waals surface area contributed by atoms with E-state index in [0.29, 0.717) is 6.04 Å². The molecule has 1 unspecified atom stereocenters. The van der Waals surface area contributed by atoms with E-state index in [4.69, 9.17) is 4.74 Å². The summed E-state index contributed by atoms with van der Waals surface area (Å²) in [7, 11) is 1.73. The summed E-state index contributed by atoms with van der Waals surface area (Å²) in [5, 5.41) is 8.00. The first-order valence-corrected chi connectivity index (χ1v) is 6.62. The molecule has 0 radical (unpaired) electrons. The van der Waals surface area contributed by atoms with E-state index in [-0.39, 0.29) is 0 Å². The van der Waals surface area contributed by atoms with Gasteiger partial charge in [-0.05, 0) is 31.5 Å². The predicted octanol–water partition coefficient (Wildman–Crippen LogP) is 2.39. The molecule has 0 aliphatic carbocycles. The third-order valence-corrected chi connectivity index (χ3v) is 3.05. The minimum atomic E-state index is 0.432. The highest BCUT2D eigenvalue weighted by Gasteiger charge is 2.04. The van der Waals surface area contributed by atoms with Crippen molar-refractivity contribution in [1.82, 2.24) is 15.1 Å². The molecule has 0 aliphatic heterocycles. The van der Waals surface area contributed by atoms with Crippen LogP contribution in [-0.4, -0.2) is 29.5 Å². The first-order chi connectivity index (χ1) is 9.29. The van der Waals surface area contributed by atoms with Crippen molar-refractivity contribution in [3.05, 3.63) is 48.3 Å². The number of para-hydroxylation sites is 1. The molecule has 0 saturated heterocycles. The molecule has 4 nitrogen and oxygen atoms in total. The van der Waals surface area contributed by atoms with Crippen molar-refractivity contribution in [1.29, 1.82) is 0 Å². The fourth-order valence-electron chi connectivity index (χ4n) is 1.86. The summed E-state index contributed by atoms with van der Waals surface area (Å²) in [6.45, 7) is 3.73. The lowest BCUT2D eigenvalue weighted by atomic mass is 10.2. The minimum Gasteiger partial charge on any atom is -0.385 e. The monoisotopic (exact) mass is 259 g/mol. The molecule has 1 atom stereocenters. The van der Waals surface area contributed by atoms with Crippen LogP contribution in [0.15, 0.2) is 42.6 Å². The first kappa shape index (κ1) is 13.8. The van der Waals surface area contributed by atoms with Crippen LogP contribution in [0.2, 0.25) is 0 Å². The molecule has 0 bridgehead atoms. The SMILES string of the molecule is COCCC(C)NCc1ccn(-c2ccccc2)n1. The Bertz CT molecular complexity index is 481. The summed E-state index contributed by atoms with van der Waals surface area (Å²) in [5.41, 5.74) is 2.13. The number of ether oxygens (including phenoxy) is 1. The molecule has 0 saturated carbocycles. The van der Waals surface area contributed by atoms with Gasteiger partial charge in [0.15, 0.2) is 0 Å². The lowest BCUT2D eigenvalue weighted by Gasteiger charge is -2.11. The minimum absolute atomic E-state index is 0.432. The number of hydrogen-bond donors (Lipinski definition) is 1. The molecule has 1 N–H and O–H groups in total. The zero-order chi connectivity index (χ0) is 13.5. The van der Waals surface area contributed by atoms with Crippen molar-refractivity contribution < 1.29 is 4.74 Å². The average molecular weight is 259 g/mol. The molecule has 0 fully saturated rings. The molecule has 0 aliphatic rings. The lowest BCUT2D eigenvalue weighted by molar-refractivity contribution is 0.184. The van der Waals surface area contributed by atoms with Crippen molar-refractivity contribution in [2.75, 3.05) is 13.7 Å². The van der Waals surface area contributed by atoms with E-state index in [1.54, 1.807) is 7.11 Å². The second kappa shape index (κ2) is 7.07. The van der Waals surface area contributed by atoms with Crippen LogP contribution in [0.5, 0.6) is 0 Å². The Balaban J connectivity index is 1.88. The van der Waals surface area contributed by atoms with Crippen LogP contribution in [0.1, 0.15) is 19.0 Å². The van der Waals surface area contributed by atoms with Gasteiger partial charge in [0.1, 0.15) is 0 Å². The van der Waals surface area contributed by atoms with E-state index in [1.165, 1.54) is 0 Å². The second-order valence-corrected chi connectivity index (χ2v) is 4.65. The van der Waals surface area contributed by atoms with Crippen LogP contribution in [0.25, 0.3) is 5.69 Å². The van der Waals surface area contributed by atoms with Crippen molar-refractivity contribution in [3.8, 4) is 5.69 Å². The molecular formula is C15H21N3O. The van der Waals surface area contributed by atoms with E-state index in [1.807, 2.05) is 47.3 Å². The Morgan fingerprint density at radius 3 is 2.79 bits per heavy atom. The van der Waals surface area contributed by atoms with Crippen LogP contribution in [0.4, 0.5) is 0 Å². The van der Waals surface area contributed by atoms with Crippen molar-refractivity contribution >= 4 is 0 Å². The molecule has 1 aromatic heterocycles. The number of nitrogens with one attached hydrogen (secondary N) is 1. The van der Waals surface area contributed by atoms with Crippen molar-refractivity contribution in [3.63, 3.8) is 0 Å². The summed E-state index contributed by atoms with van der Waals surface area (Å²) in [6.07, 6.45) is 3.00. The average Bonchev–Trinajstić information content (AvgIpc) is 2.93. The summed E-state index contributed by atoms with van der Waals surface area (Å²) in [4.78, 5) is 0. The molecule has 2 aromatic rings. The molecule has 1 heterocycles. The highest BCUT2D eigenvalue weighted by molar-refractivity contribution is 5.30. The van der Waals surface area contributed by atoms with Gasteiger partial charge in [-0.1, -0.05) is 18.2 Å². The molecule has 0 spiro atoms. The van der Waals surface area contributed by atoms with Gasteiger partial charge in [-0.25, -0.2) is 4.68 Å². The van der Waals surface area contributed by atoms with Crippen LogP contribution in [0.3, 0.4) is 0 Å². The topological polar surface area (TPSA) is 39.1 Å². The summed E-state index contributed by atoms with van der Waals surface area (Å²) >= 11 is 0. The van der Waals surface area contributed by atoms with Gasteiger partial charge in [0.05, 0.1) is 11.4 Å². The number of methoxy groups -OCH3 is 1. The zero-order valence-electron chi connectivity index (χ0n) is 11.5. The summed E-state index contributed by atoms with van der Waals surface area (Å²) in [5.74, 6) is 0. The predicted molar refractivity (Wildman–Crippen MR) is 76.4 cm³/mol. The standard InChI is InChI=1S/C15H21N3O/c1-13(9-11-19-2)16-12-14-8-10-18(17-14)15-6-4-3-5-7-15/h3-8,10,13,16H,9,11-12H2,1-2H3. The molecule has 1 aromatic carbocycles. The van der Waals surface area contributed by atoms with Gasteiger partial charge in [0.2, 0.25) is 0 Å². The van der Waals surface area contributed by atoms with Gasteiger partial charge in [0.25, 0.3) is 0 Å². The van der Waals surface area contributed by atoms with Crippen LogP contribution < -0.4 is 5.32 Å². The maximum atomic E-state index is 5.07. The maximum absolute atomic E-state index is 5.07. The van der Waals surface area contributed by atoms with E-state index < -0.39 is 0 Å². The number of rotatable bonds is 7. The largest absolute Gasteiger partial charge is 0.385 e. The Morgan fingerprint density at radius 2 is 2.05 bits per heavy atom. The fraction of sp³-hybridized carbons (Fsp3) is 0.400. The lowest BCUT2D eigenvalue weighted by Crippen LogP contribution is -2.26. The highest BCUT2D eigenvalue weighted by Crippen LogP contribution is 2.07. The smallest absolute Gasteiger partial charge is 0.0766 e.